The molecule has 134 valence electrons. The molecule has 2 aromatic carbocycles. The van der Waals surface area contributed by atoms with Gasteiger partial charge in [0.1, 0.15) is 11.6 Å². The fourth-order valence-electron chi connectivity index (χ4n) is 3.71. The van der Waals surface area contributed by atoms with E-state index < -0.39 is 0 Å². The van der Waals surface area contributed by atoms with Crippen LogP contribution < -0.4 is 9.64 Å². The summed E-state index contributed by atoms with van der Waals surface area (Å²) in [5.41, 5.74) is 5.62. The Morgan fingerprint density at radius 1 is 1.11 bits per heavy atom. The first-order chi connectivity index (χ1) is 13.3. The Morgan fingerprint density at radius 2 is 2.00 bits per heavy atom. The number of methoxy groups -OCH3 is 1. The maximum Gasteiger partial charge on any atom is 0.148 e. The van der Waals surface area contributed by atoms with E-state index in [4.69, 9.17) is 9.72 Å². The molecule has 5 rings (SSSR count). The van der Waals surface area contributed by atoms with Crippen LogP contribution in [0.3, 0.4) is 0 Å². The zero-order valence-corrected chi connectivity index (χ0v) is 15.1. The second kappa shape index (κ2) is 6.43. The summed E-state index contributed by atoms with van der Waals surface area (Å²) < 4.78 is 5.39. The lowest BCUT2D eigenvalue weighted by atomic mass is 9.99. The first kappa shape index (κ1) is 15.9. The zero-order chi connectivity index (χ0) is 18.2. The fraction of sp³-hybridized carbons (Fsp3) is 0.182. The van der Waals surface area contributed by atoms with Gasteiger partial charge in [0.2, 0.25) is 0 Å². The molecule has 0 radical (unpaired) electrons. The zero-order valence-electron chi connectivity index (χ0n) is 15.1. The molecule has 0 saturated heterocycles. The number of fused-ring (bicyclic) bond motifs is 2. The van der Waals surface area contributed by atoms with Gasteiger partial charge >= 0.3 is 0 Å². The minimum absolute atomic E-state index is 0.832. The summed E-state index contributed by atoms with van der Waals surface area (Å²) in [6.07, 6.45) is 7.24. The molecule has 0 amide bonds. The molecule has 0 atom stereocenters. The van der Waals surface area contributed by atoms with E-state index in [1.165, 1.54) is 16.5 Å². The van der Waals surface area contributed by atoms with Crippen LogP contribution >= 0.6 is 0 Å². The molecular formula is C22H20N4O. The summed E-state index contributed by atoms with van der Waals surface area (Å²) in [7, 11) is 1.70. The van der Waals surface area contributed by atoms with E-state index in [-0.39, 0.29) is 0 Å². The third kappa shape index (κ3) is 2.81. The summed E-state index contributed by atoms with van der Waals surface area (Å²) in [4.78, 5) is 15.0. The van der Waals surface area contributed by atoms with E-state index in [0.29, 0.717) is 0 Å². The maximum atomic E-state index is 5.39. The van der Waals surface area contributed by atoms with Crippen molar-refractivity contribution in [3.05, 3.63) is 66.5 Å². The maximum absolute atomic E-state index is 5.39. The van der Waals surface area contributed by atoms with E-state index in [2.05, 4.69) is 39.3 Å². The first-order valence-corrected chi connectivity index (χ1v) is 9.13. The second-order valence-electron chi connectivity index (χ2n) is 6.76. The van der Waals surface area contributed by atoms with Gasteiger partial charge in [-0.15, -0.1) is 0 Å². The van der Waals surface area contributed by atoms with Crippen LogP contribution in [-0.2, 0) is 0 Å². The number of anilines is 1. The van der Waals surface area contributed by atoms with Crippen molar-refractivity contribution in [2.24, 2.45) is 0 Å². The van der Waals surface area contributed by atoms with E-state index in [1.54, 1.807) is 7.11 Å². The Balaban J connectivity index is 1.44. The number of aromatic amines is 1. The van der Waals surface area contributed by atoms with Gasteiger partial charge in [0.05, 0.1) is 24.3 Å². The topological polar surface area (TPSA) is 54.0 Å². The predicted molar refractivity (Wildman–Crippen MR) is 109 cm³/mol. The van der Waals surface area contributed by atoms with Gasteiger partial charge in [0, 0.05) is 35.8 Å². The molecule has 5 heteroatoms. The van der Waals surface area contributed by atoms with Crippen molar-refractivity contribution in [3.63, 3.8) is 0 Å². The Labute approximate surface area is 157 Å². The van der Waals surface area contributed by atoms with Gasteiger partial charge in [-0.25, -0.2) is 4.98 Å². The average Bonchev–Trinajstić information content (AvgIpc) is 3.16. The molecule has 0 bridgehead atoms. The molecule has 4 aromatic rings. The highest BCUT2D eigenvalue weighted by Gasteiger charge is 2.17. The number of nitrogens with one attached hydrogen (secondary N) is 1. The third-order valence-corrected chi connectivity index (χ3v) is 5.20. The lowest BCUT2D eigenvalue weighted by Gasteiger charge is -2.27. The largest absolute Gasteiger partial charge is 0.497 e. The molecule has 5 nitrogen and oxygen atoms in total. The van der Waals surface area contributed by atoms with Crippen molar-refractivity contribution in [2.45, 2.75) is 6.42 Å². The highest BCUT2D eigenvalue weighted by atomic mass is 16.5. The molecule has 0 saturated carbocycles. The van der Waals surface area contributed by atoms with Crippen LogP contribution in [0.25, 0.3) is 27.5 Å². The third-order valence-electron chi connectivity index (χ3n) is 5.20. The SMILES string of the molecule is COc1ccc2[nH]cc(C3=CCN(c4cnc5ccccc5n4)CC3)c2c1. The van der Waals surface area contributed by atoms with Crippen LogP contribution in [0, 0.1) is 0 Å². The number of rotatable bonds is 3. The standard InChI is InChI=1S/C22H20N4O/c1-27-16-6-7-19-17(12-16)18(13-23-19)15-8-10-26(11-9-15)22-14-24-20-4-2-3-5-21(20)25-22/h2-8,12-14,23H,9-11H2,1H3. The predicted octanol–water partition coefficient (Wildman–Crippen LogP) is 4.41. The molecule has 0 unspecified atom stereocenters. The monoisotopic (exact) mass is 356 g/mol. The van der Waals surface area contributed by atoms with Crippen LogP contribution in [0.4, 0.5) is 5.82 Å². The number of hydrogen-bond acceptors (Lipinski definition) is 4. The van der Waals surface area contributed by atoms with E-state index >= 15 is 0 Å². The Morgan fingerprint density at radius 3 is 2.81 bits per heavy atom. The van der Waals surface area contributed by atoms with Gasteiger partial charge in [-0.3, -0.25) is 4.98 Å². The summed E-state index contributed by atoms with van der Waals surface area (Å²) in [5, 5.41) is 1.21. The van der Waals surface area contributed by atoms with Crippen molar-refractivity contribution in [3.8, 4) is 5.75 Å². The molecular weight excluding hydrogens is 336 g/mol. The fourth-order valence-corrected chi connectivity index (χ4v) is 3.71. The van der Waals surface area contributed by atoms with Gasteiger partial charge < -0.3 is 14.6 Å². The number of nitrogens with zero attached hydrogens (tertiary/aromatic N) is 3. The van der Waals surface area contributed by atoms with Gasteiger partial charge in [0.25, 0.3) is 0 Å². The number of hydrogen-bond donors (Lipinski definition) is 1. The van der Waals surface area contributed by atoms with Crippen molar-refractivity contribution in [1.29, 1.82) is 0 Å². The molecule has 27 heavy (non-hydrogen) atoms. The van der Waals surface area contributed by atoms with Crippen molar-refractivity contribution in [2.75, 3.05) is 25.1 Å². The number of ether oxygens (including phenoxy) is 1. The summed E-state index contributed by atoms with van der Waals surface area (Å²) in [5.74, 6) is 1.82. The van der Waals surface area contributed by atoms with Gasteiger partial charge in [-0.1, -0.05) is 18.2 Å². The summed E-state index contributed by atoms with van der Waals surface area (Å²) in [6.45, 7) is 1.76. The van der Waals surface area contributed by atoms with Crippen molar-refractivity contribution in [1.82, 2.24) is 15.0 Å². The minimum Gasteiger partial charge on any atom is -0.497 e. The Hall–Kier alpha value is -3.34. The Bertz CT molecular complexity index is 1160. The summed E-state index contributed by atoms with van der Waals surface area (Å²) in [6, 6.07) is 14.1. The smallest absolute Gasteiger partial charge is 0.148 e. The minimum atomic E-state index is 0.832. The Kier molecular flexibility index (Phi) is 3.78. The van der Waals surface area contributed by atoms with Crippen molar-refractivity contribution < 1.29 is 4.74 Å². The highest BCUT2D eigenvalue weighted by Crippen LogP contribution is 2.32. The summed E-state index contributed by atoms with van der Waals surface area (Å²) >= 11 is 0. The van der Waals surface area contributed by atoms with Gasteiger partial charge in [-0.2, -0.15) is 0 Å². The molecule has 2 aromatic heterocycles. The van der Waals surface area contributed by atoms with Crippen LogP contribution in [0.1, 0.15) is 12.0 Å². The van der Waals surface area contributed by atoms with Crippen LogP contribution in [0.2, 0.25) is 0 Å². The number of aromatic nitrogens is 3. The van der Waals surface area contributed by atoms with E-state index in [0.717, 1.165) is 47.6 Å². The number of benzene rings is 2. The van der Waals surface area contributed by atoms with E-state index in [9.17, 15) is 0 Å². The average molecular weight is 356 g/mol. The molecule has 0 aliphatic carbocycles. The molecule has 1 N–H and O–H groups in total. The molecule has 3 heterocycles. The van der Waals surface area contributed by atoms with Gasteiger partial charge in [-0.05, 0) is 42.3 Å². The van der Waals surface area contributed by atoms with E-state index in [1.807, 2.05) is 36.5 Å². The van der Waals surface area contributed by atoms with Crippen LogP contribution in [0.5, 0.6) is 5.75 Å². The normalized spacial score (nSPS) is 14.6. The number of para-hydroxylation sites is 2. The van der Waals surface area contributed by atoms with Crippen LogP contribution in [-0.4, -0.2) is 35.2 Å². The lowest BCUT2D eigenvalue weighted by molar-refractivity contribution is 0.415. The quantitative estimate of drug-likeness (QED) is 0.591. The highest BCUT2D eigenvalue weighted by molar-refractivity contribution is 5.94. The first-order valence-electron chi connectivity index (χ1n) is 9.13. The second-order valence-corrected chi connectivity index (χ2v) is 6.76. The van der Waals surface area contributed by atoms with Crippen molar-refractivity contribution >= 4 is 33.3 Å². The molecule has 0 fully saturated rings. The van der Waals surface area contributed by atoms with Gasteiger partial charge in [0.15, 0.2) is 0 Å². The van der Waals surface area contributed by atoms with Crippen LogP contribution in [0.15, 0.2) is 60.9 Å². The molecule has 1 aliphatic rings. The number of H-pyrrole nitrogens is 1. The lowest BCUT2D eigenvalue weighted by Crippen LogP contribution is -2.29. The molecule has 1 aliphatic heterocycles. The molecule has 0 spiro atoms.